The van der Waals surface area contributed by atoms with E-state index < -0.39 is 6.10 Å². The summed E-state index contributed by atoms with van der Waals surface area (Å²) in [6.45, 7) is 5.74. The number of hydrogen-bond acceptors (Lipinski definition) is 3. The van der Waals surface area contributed by atoms with Gasteiger partial charge in [-0.05, 0) is 30.5 Å². The average Bonchev–Trinajstić information content (AvgIpc) is 2.28. The molecule has 0 aliphatic carbocycles. The molecule has 0 spiro atoms. The number of benzene rings is 1. The van der Waals surface area contributed by atoms with Crippen molar-refractivity contribution in [1.82, 2.24) is 0 Å². The molecule has 0 saturated heterocycles. The second kappa shape index (κ2) is 5.19. The van der Waals surface area contributed by atoms with Crippen LogP contribution >= 0.6 is 0 Å². The second-order valence-corrected chi connectivity index (χ2v) is 3.90. The van der Waals surface area contributed by atoms with E-state index in [4.69, 9.17) is 15.3 Å². The Balaban J connectivity index is 3.02. The summed E-state index contributed by atoms with van der Waals surface area (Å²) in [5.74, 6) is 0.868. The summed E-state index contributed by atoms with van der Waals surface area (Å²) in [6, 6.07) is 9.49. The third-order valence-electron chi connectivity index (χ3n) is 2.26. The minimum absolute atomic E-state index is 0.303. The monoisotopic (exact) mass is 214 g/mol. The van der Waals surface area contributed by atoms with Gasteiger partial charge in [0, 0.05) is 0 Å². The first-order valence-corrected chi connectivity index (χ1v) is 5.18. The summed E-state index contributed by atoms with van der Waals surface area (Å²) in [4.78, 5) is 0. The molecule has 82 valence electrons. The zero-order valence-corrected chi connectivity index (χ0v) is 9.69. The summed E-state index contributed by atoms with van der Waals surface area (Å²) in [7, 11) is 0. The van der Waals surface area contributed by atoms with Gasteiger partial charge in [0.1, 0.15) is 11.8 Å². The maximum absolute atomic E-state index is 9.01. The zero-order chi connectivity index (χ0) is 12.1. The number of nitrogens with zero attached hydrogens (tertiary/aromatic N) is 2. The first-order valence-electron chi connectivity index (χ1n) is 5.18. The smallest absolute Gasteiger partial charge is 0.181 e. The molecule has 0 aliphatic heterocycles. The van der Waals surface area contributed by atoms with Crippen molar-refractivity contribution in [2.24, 2.45) is 0 Å². The first-order chi connectivity index (χ1) is 7.58. The standard InChI is InChI=1S/C13H14N2O/c1-9(2)13-5-4-12(6-11(13)8-15)16-10(3)7-14/h4-6,9-10H,1-3H3. The molecule has 1 aromatic rings. The average molecular weight is 214 g/mol. The highest BCUT2D eigenvalue weighted by Gasteiger charge is 2.09. The molecule has 3 heteroatoms. The van der Waals surface area contributed by atoms with E-state index in [0.29, 0.717) is 17.2 Å². The molecule has 0 radical (unpaired) electrons. The predicted molar refractivity (Wildman–Crippen MR) is 60.9 cm³/mol. The largest absolute Gasteiger partial charge is 0.476 e. The van der Waals surface area contributed by atoms with Gasteiger partial charge in [0.25, 0.3) is 0 Å². The number of nitriles is 2. The number of rotatable bonds is 3. The van der Waals surface area contributed by atoms with Crippen molar-refractivity contribution in [1.29, 1.82) is 10.5 Å². The summed E-state index contributed by atoms with van der Waals surface area (Å²) in [6.07, 6.45) is -0.503. The van der Waals surface area contributed by atoms with Crippen molar-refractivity contribution < 1.29 is 4.74 Å². The van der Waals surface area contributed by atoms with Crippen molar-refractivity contribution in [2.45, 2.75) is 32.8 Å². The van der Waals surface area contributed by atoms with E-state index in [-0.39, 0.29) is 0 Å². The Labute approximate surface area is 95.9 Å². The van der Waals surface area contributed by atoms with Crippen molar-refractivity contribution in [3.8, 4) is 17.9 Å². The maximum Gasteiger partial charge on any atom is 0.181 e. The Bertz CT molecular complexity index is 452. The predicted octanol–water partition coefficient (Wildman–Crippen LogP) is 2.97. The van der Waals surface area contributed by atoms with Gasteiger partial charge in [0.05, 0.1) is 11.6 Å². The molecule has 1 atom stereocenters. The normalized spacial score (nSPS) is 11.6. The molecule has 16 heavy (non-hydrogen) atoms. The van der Waals surface area contributed by atoms with E-state index in [1.165, 1.54) is 0 Å². The summed E-state index contributed by atoms with van der Waals surface area (Å²) >= 11 is 0. The van der Waals surface area contributed by atoms with E-state index in [0.717, 1.165) is 5.56 Å². The fourth-order valence-corrected chi connectivity index (χ4v) is 1.44. The Kier molecular flexibility index (Phi) is 3.91. The van der Waals surface area contributed by atoms with Crippen LogP contribution in [0, 0.1) is 22.7 Å². The minimum atomic E-state index is -0.503. The highest BCUT2D eigenvalue weighted by molar-refractivity contribution is 5.44. The molecule has 1 aromatic carbocycles. The molecule has 0 fully saturated rings. The van der Waals surface area contributed by atoms with Crippen LogP contribution in [0.25, 0.3) is 0 Å². The van der Waals surface area contributed by atoms with Gasteiger partial charge < -0.3 is 4.74 Å². The van der Waals surface area contributed by atoms with Crippen LogP contribution in [-0.2, 0) is 0 Å². The fourth-order valence-electron chi connectivity index (χ4n) is 1.44. The fraction of sp³-hybridized carbons (Fsp3) is 0.385. The third kappa shape index (κ3) is 2.74. The quantitative estimate of drug-likeness (QED) is 0.777. The van der Waals surface area contributed by atoms with Gasteiger partial charge in [-0.3, -0.25) is 0 Å². The van der Waals surface area contributed by atoms with Gasteiger partial charge in [0.15, 0.2) is 6.10 Å². The Morgan fingerprint density at radius 2 is 1.88 bits per heavy atom. The van der Waals surface area contributed by atoms with Crippen molar-refractivity contribution in [3.63, 3.8) is 0 Å². The Morgan fingerprint density at radius 1 is 1.19 bits per heavy atom. The molecule has 3 nitrogen and oxygen atoms in total. The number of hydrogen-bond donors (Lipinski definition) is 0. The number of ether oxygens (including phenoxy) is 1. The topological polar surface area (TPSA) is 56.8 Å². The first kappa shape index (κ1) is 12.1. The van der Waals surface area contributed by atoms with Gasteiger partial charge in [0.2, 0.25) is 0 Å². The van der Waals surface area contributed by atoms with E-state index >= 15 is 0 Å². The van der Waals surface area contributed by atoms with Crippen LogP contribution in [0.5, 0.6) is 5.75 Å². The Hall–Kier alpha value is -2.00. The van der Waals surface area contributed by atoms with Crippen LogP contribution in [0.2, 0.25) is 0 Å². The molecule has 1 rings (SSSR count). The van der Waals surface area contributed by atoms with Gasteiger partial charge in [-0.2, -0.15) is 10.5 Å². The van der Waals surface area contributed by atoms with Crippen LogP contribution in [0.15, 0.2) is 18.2 Å². The lowest BCUT2D eigenvalue weighted by molar-refractivity contribution is 0.276. The highest BCUT2D eigenvalue weighted by atomic mass is 16.5. The summed E-state index contributed by atoms with van der Waals surface area (Å²) in [5.41, 5.74) is 1.61. The van der Waals surface area contributed by atoms with Crippen LogP contribution in [0.4, 0.5) is 0 Å². The molecule has 0 heterocycles. The highest BCUT2D eigenvalue weighted by Crippen LogP contribution is 2.24. The maximum atomic E-state index is 9.01. The van der Waals surface area contributed by atoms with E-state index in [1.54, 1.807) is 19.1 Å². The Morgan fingerprint density at radius 3 is 2.38 bits per heavy atom. The van der Waals surface area contributed by atoms with Gasteiger partial charge in [-0.25, -0.2) is 0 Å². The second-order valence-electron chi connectivity index (χ2n) is 3.90. The van der Waals surface area contributed by atoms with Gasteiger partial charge >= 0.3 is 0 Å². The summed E-state index contributed by atoms with van der Waals surface area (Å²) < 4.78 is 5.33. The van der Waals surface area contributed by atoms with Crippen molar-refractivity contribution in [3.05, 3.63) is 29.3 Å². The summed E-state index contributed by atoms with van der Waals surface area (Å²) in [5, 5.41) is 17.6. The van der Waals surface area contributed by atoms with Crippen molar-refractivity contribution in [2.75, 3.05) is 0 Å². The lowest BCUT2D eigenvalue weighted by Gasteiger charge is -2.11. The zero-order valence-electron chi connectivity index (χ0n) is 9.69. The SMILES string of the molecule is CC(C#N)Oc1ccc(C(C)C)c(C#N)c1. The molecule has 0 saturated carbocycles. The van der Waals surface area contributed by atoms with Crippen molar-refractivity contribution >= 4 is 0 Å². The molecule has 1 unspecified atom stereocenters. The van der Waals surface area contributed by atoms with E-state index in [2.05, 4.69) is 6.07 Å². The molecule has 0 aromatic heterocycles. The van der Waals surface area contributed by atoms with Gasteiger partial charge in [-0.1, -0.05) is 19.9 Å². The van der Waals surface area contributed by atoms with E-state index in [1.807, 2.05) is 26.0 Å². The van der Waals surface area contributed by atoms with Crippen LogP contribution in [-0.4, -0.2) is 6.10 Å². The molecule has 0 N–H and O–H groups in total. The van der Waals surface area contributed by atoms with Gasteiger partial charge in [-0.15, -0.1) is 0 Å². The molecule has 0 aliphatic rings. The molecular formula is C13H14N2O. The van der Waals surface area contributed by atoms with Crippen LogP contribution in [0.3, 0.4) is 0 Å². The minimum Gasteiger partial charge on any atom is -0.476 e. The molecular weight excluding hydrogens is 200 g/mol. The lowest BCUT2D eigenvalue weighted by atomic mass is 9.98. The molecule has 0 bridgehead atoms. The van der Waals surface area contributed by atoms with E-state index in [9.17, 15) is 0 Å². The van der Waals surface area contributed by atoms with Crippen LogP contribution in [0.1, 0.15) is 37.8 Å². The third-order valence-corrected chi connectivity index (χ3v) is 2.26. The lowest BCUT2D eigenvalue weighted by Crippen LogP contribution is -2.08. The molecule has 0 amide bonds. The van der Waals surface area contributed by atoms with Crippen LogP contribution < -0.4 is 4.74 Å².